The molecule has 0 aromatic heterocycles. The van der Waals surface area contributed by atoms with Gasteiger partial charge in [-0.25, -0.2) is 0 Å². The van der Waals surface area contributed by atoms with E-state index in [-0.39, 0.29) is 26.0 Å². The summed E-state index contributed by atoms with van der Waals surface area (Å²) in [6.07, 6.45) is 0.217. The molecule has 1 fully saturated rings. The molecule has 0 bridgehead atoms. The Balaban J connectivity index is 2.50. The highest BCUT2D eigenvalue weighted by molar-refractivity contribution is 7.53. The van der Waals surface area contributed by atoms with Crippen LogP contribution in [0.4, 0.5) is 0 Å². The molecule has 0 amide bonds. The number of methoxy groups -OCH3 is 2. The van der Waals surface area contributed by atoms with Gasteiger partial charge in [-0.3, -0.25) is 4.57 Å². The monoisotopic (exact) mass is 240 g/mol. The summed E-state index contributed by atoms with van der Waals surface area (Å²) < 4.78 is 32.0. The lowest BCUT2D eigenvalue weighted by Crippen LogP contribution is -2.47. The maximum atomic E-state index is 11.9. The lowest BCUT2D eigenvalue weighted by molar-refractivity contribution is -0.125. The second-order valence-electron chi connectivity index (χ2n) is 3.42. The molecule has 1 aliphatic rings. The molecule has 0 unspecified atom stereocenters. The summed E-state index contributed by atoms with van der Waals surface area (Å²) in [4.78, 5) is 0. The van der Waals surface area contributed by atoms with Crippen molar-refractivity contribution in [1.82, 2.24) is 0 Å². The molecule has 0 aromatic carbocycles. The third-order valence-electron chi connectivity index (χ3n) is 2.34. The van der Waals surface area contributed by atoms with Crippen molar-refractivity contribution >= 4 is 7.60 Å². The molecule has 1 N–H and O–H groups in total. The fourth-order valence-electron chi connectivity index (χ4n) is 1.12. The highest BCUT2D eigenvalue weighted by atomic mass is 31.2. The zero-order valence-corrected chi connectivity index (χ0v) is 9.87. The fourth-order valence-corrected chi connectivity index (χ4v) is 2.72. The van der Waals surface area contributed by atoms with E-state index in [1.807, 2.05) is 0 Å². The normalized spacial score (nSPS) is 36.7. The number of hydrogen-bond acceptors (Lipinski definition) is 6. The minimum absolute atomic E-state index is 0.0704. The first-order chi connectivity index (χ1) is 7.10. The lowest BCUT2D eigenvalue weighted by Gasteiger charge is -2.36. The van der Waals surface area contributed by atoms with Gasteiger partial charge in [0.25, 0.3) is 0 Å². The average molecular weight is 240 g/mol. The van der Waals surface area contributed by atoms with Crippen molar-refractivity contribution in [2.24, 2.45) is 0 Å². The van der Waals surface area contributed by atoms with E-state index in [1.54, 1.807) is 0 Å². The van der Waals surface area contributed by atoms with Crippen LogP contribution in [0.25, 0.3) is 0 Å². The number of ether oxygens (including phenoxy) is 2. The van der Waals surface area contributed by atoms with Gasteiger partial charge in [0.1, 0.15) is 5.60 Å². The highest BCUT2D eigenvalue weighted by Crippen LogP contribution is 2.52. The van der Waals surface area contributed by atoms with Gasteiger partial charge in [-0.05, 0) is 0 Å². The van der Waals surface area contributed by atoms with Gasteiger partial charge in [0, 0.05) is 14.2 Å². The molecule has 0 aliphatic carbocycles. The predicted molar refractivity (Wildman–Crippen MR) is 53.1 cm³/mol. The molecule has 7 heteroatoms. The summed E-state index contributed by atoms with van der Waals surface area (Å²) in [7, 11) is -0.0825. The van der Waals surface area contributed by atoms with E-state index in [9.17, 15) is 4.57 Å². The molecule has 0 spiro atoms. The molecular formula is C8H17O6P. The Hall–Kier alpha value is 0.0300. The number of hydrogen-bond donors (Lipinski definition) is 1. The van der Waals surface area contributed by atoms with E-state index in [2.05, 4.69) is 0 Å². The highest BCUT2D eigenvalue weighted by Gasteiger charge is 2.41. The SMILES string of the molecule is COCCP1(=O)OCC(CO)(OC)CO1. The molecule has 90 valence electrons. The van der Waals surface area contributed by atoms with Gasteiger partial charge in [-0.15, -0.1) is 0 Å². The first-order valence-electron chi connectivity index (χ1n) is 4.63. The van der Waals surface area contributed by atoms with Crippen LogP contribution in [0.2, 0.25) is 0 Å². The van der Waals surface area contributed by atoms with Crippen LogP contribution in [0, 0.1) is 0 Å². The fraction of sp³-hybridized carbons (Fsp3) is 1.00. The predicted octanol–water partition coefficient (Wildman–Crippen LogP) is 0.250. The Morgan fingerprint density at radius 2 is 2.00 bits per heavy atom. The smallest absolute Gasteiger partial charge is 0.333 e. The van der Waals surface area contributed by atoms with Crippen molar-refractivity contribution in [3.05, 3.63) is 0 Å². The second-order valence-corrected chi connectivity index (χ2v) is 5.60. The van der Waals surface area contributed by atoms with E-state index in [1.165, 1.54) is 14.2 Å². The summed E-state index contributed by atoms with van der Waals surface area (Å²) in [6, 6.07) is 0. The van der Waals surface area contributed by atoms with Crippen molar-refractivity contribution < 1.29 is 28.2 Å². The third-order valence-corrected chi connectivity index (χ3v) is 4.11. The Morgan fingerprint density at radius 3 is 2.40 bits per heavy atom. The van der Waals surface area contributed by atoms with E-state index in [0.29, 0.717) is 6.61 Å². The van der Waals surface area contributed by atoms with E-state index >= 15 is 0 Å². The maximum absolute atomic E-state index is 11.9. The molecule has 1 aliphatic heterocycles. The standard InChI is InChI=1S/C8H17O6P/c1-11-3-4-15(10)13-6-8(5-9,12-2)7-14-15/h9H,3-7H2,1-2H3. The minimum Gasteiger partial charge on any atom is -0.393 e. The summed E-state index contributed by atoms with van der Waals surface area (Å²) in [5.41, 5.74) is -0.888. The molecule has 6 nitrogen and oxygen atoms in total. The number of aliphatic hydroxyl groups is 1. The van der Waals surface area contributed by atoms with Gasteiger partial charge in [0.2, 0.25) is 0 Å². The van der Waals surface area contributed by atoms with Crippen molar-refractivity contribution in [2.75, 3.05) is 46.8 Å². The van der Waals surface area contributed by atoms with Gasteiger partial charge in [0.15, 0.2) is 0 Å². The lowest BCUT2D eigenvalue weighted by atomic mass is 10.1. The van der Waals surface area contributed by atoms with E-state index in [4.69, 9.17) is 23.6 Å². The number of aliphatic hydroxyl groups excluding tert-OH is 1. The van der Waals surface area contributed by atoms with Crippen LogP contribution in [0.15, 0.2) is 0 Å². The van der Waals surface area contributed by atoms with E-state index in [0.717, 1.165) is 0 Å². The summed E-state index contributed by atoms with van der Waals surface area (Å²) in [6.45, 7) is 0.228. The van der Waals surface area contributed by atoms with Crippen molar-refractivity contribution in [2.45, 2.75) is 5.60 Å². The zero-order valence-electron chi connectivity index (χ0n) is 8.97. The summed E-state index contributed by atoms with van der Waals surface area (Å²) in [5, 5.41) is 9.09. The summed E-state index contributed by atoms with van der Waals surface area (Å²) in [5.74, 6) is 0. The Labute approximate surface area is 89.0 Å². The topological polar surface area (TPSA) is 74.2 Å². The maximum Gasteiger partial charge on any atom is 0.333 e. The van der Waals surface area contributed by atoms with Gasteiger partial charge >= 0.3 is 7.60 Å². The Morgan fingerprint density at radius 1 is 1.40 bits per heavy atom. The largest absolute Gasteiger partial charge is 0.393 e. The average Bonchev–Trinajstić information content (AvgIpc) is 2.29. The number of rotatable bonds is 5. The molecule has 0 saturated carbocycles. The minimum atomic E-state index is -3.05. The van der Waals surface area contributed by atoms with Crippen molar-refractivity contribution in [3.63, 3.8) is 0 Å². The third kappa shape index (κ3) is 3.24. The Kier molecular flexibility index (Phi) is 4.70. The zero-order chi connectivity index (χ0) is 11.4. The van der Waals surface area contributed by atoms with E-state index < -0.39 is 13.2 Å². The van der Waals surface area contributed by atoms with Crippen LogP contribution in [0.1, 0.15) is 0 Å². The molecular weight excluding hydrogens is 223 g/mol. The van der Waals surface area contributed by atoms with Crippen LogP contribution in [0.3, 0.4) is 0 Å². The molecule has 1 heterocycles. The van der Waals surface area contributed by atoms with Gasteiger partial charge in [-0.2, -0.15) is 0 Å². The van der Waals surface area contributed by atoms with Crippen LogP contribution in [0.5, 0.6) is 0 Å². The van der Waals surface area contributed by atoms with Gasteiger partial charge < -0.3 is 23.6 Å². The molecule has 15 heavy (non-hydrogen) atoms. The Bertz CT molecular complexity index is 225. The van der Waals surface area contributed by atoms with Gasteiger partial charge in [0.05, 0.1) is 32.6 Å². The molecule has 1 saturated heterocycles. The van der Waals surface area contributed by atoms with Crippen LogP contribution >= 0.6 is 7.60 Å². The summed E-state index contributed by atoms with van der Waals surface area (Å²) >= 11 is 0. The molecule has 0 aromatic rings. The first-order valence-corrected chi connectivity index (χ1v) is 6.36. The molecule has 0 atom stereocenters. The molecule has 1 rings (SSSR count). The van der Waals surface area contributed by atoms with Crippen LogP contribution in [-0.2, 0) is 23.1 Å². The van der Waals surface area contributed by atoms with Crippen molar-refractivity contribution in [1.29, 1.82) is 0 Å². The first kappa shape index (κ1) is 13.1. The molecule has 0 radical (unpaired) electrons. The van der Waals surface area contributed by atoms with Crippen LogP contribution in [-0.4, -0.2) is 57.5 Å². The van der Waals surface area contributed by atoms with Gasteiger partial charge in [-0.1, -0.05) is 0 Å². The second kappa shape index (κ2) is 5.39. The van der Waals surface area contributed by atoms with Crippen molar-refractivity contribution in [3.8, 4) is 0 Å². The quantitative estimate of drug-likeness (QED) is 0.694. The van der Waals surface area contributed by atoms with Crippen LogP contribution < -0.4 is 0 Å².